The monoisotopic (exact) mass is 333 g/mol. The highest BCUT2D eigenvalue weighted by Crippen LogP contribution is 2.34. The number of nitrogens with one attached hydrogen (secondary N) is 1. The number of piperidine rings is 1. The van der Waals surface area contributed by atoms with Crippen LogP contribution in [0, 0.1) is 11.3 Å². The van der Waals surface area contributed by atoms with Crippen LogP contribution in [0.25, 0.3) is 0 Å². The van der Waals surface area contributed by atoms with Gasteiger partial charge in [-0.3, -0.25) is 0 Å². The Bertz CT molecular complexity index is 513. The molecule has 1 saturated heterocycles. The van der Waals surface area contributed by atoms with Crippen molar-refractivity contribution in [2.75, 3.05) is 18.0 Å². The van der Waals surface area contributed by atoms with Gasteiger partial charge < -0.3 is 10.2 Å². The SMILES string of the molecule is N#Cc1cc(Br)cc(N(CC2CCCCN2)C2CC2)c1. The minimum atomic E-state index is 0.592. The van der Waals surface area contributed by atoms with E-state index in [-0.39, 0.29) is 0 Å². The van der Waals surface area contributed by atoms with Gasteiger partial charge in [-0.2, -0.15) is 5.26 Å². The summed E-state index contributed by atoms with van der Waals surface area (Å²) in [4.78, 5) is 2.49. The summed E-state index contributed by atoms with van der Waals surface area (Å²) < 4.78 is 0.994. The average molecular weight is 334 g/mol. The van der Waals surface area contributed by atoms with E-state index in [2.05, 4.69) is 38.3 Å². The Hall–Kier alpha value is -1.05. The Balaban J connectivity index is 1.79. The van der Waals surface area contributed by atoms with Crippen molar-refractivity contribution in [1.29, 1.82) is 5.26 Å². The summed E-state index contributed by atoms with van der Waals surface area (Å²) in [5.74, 6) is 0. The first-order valence-electron chi connectivity index (χ1n) is 7.47. The molecule has 0 spiro atoms. The molecule has 1 saturated carbocycles. The quantitative estimate of drug-likeness (QED) is 0.917. The lowest BCUT2D eigenvalue weighted by Gasteiger charge is -2.32. The van der Waals surface area contributed by atoms with E-state index in [4.69, 9.17) is 5.26 Å². The molecule has 2 aliphatic rings. The van der Waals surface area contributed by atoms with E-state index in [1.807, 2.05) is 12.1 Å². The lowest BCUT2D eigenvalue weighted by atomic mass is 10.0. The van der Waals surface area contributed by atoms with Gasteiger partial charge in [-0.15, -0.1) is 0 Å². The topological polar surface area (TPSA) is 39.1 Å². The van der Waals surface area contributed by atoms with Gasteiger partial charge in [0.05, 0.1) is 11.6 Å². The molecule has 1 aromatic rings. The Kier molecular flexibility index (Phi) is 4.28. The van der Waals surface area contributed by atoms with E-state index in [0.29, 0.717) is 12.1 Å². The summed E-state index contributed by atoms with van der Waals surface area (Å²) >= 11 is 3.52. The molecule has 0 amide bonds. The molecule has 0 bridgehead atoms. The highest BCUT2D eigenvalue weighted by molar-refractivity contribution is 9.10. The lowest BCUT2D eigenvalue weighted by Crippen LogP contribution is -2.44. The molecule has 1 aromatic carbocycles. The molecule has 2 fully saturated rings. The molecule has 1 atom stereocenters. The number of nitriles is 1. The minimum Gasteiger partial charge on any atom is -0.367 e. The smallest absolute Gasteiger partial charge is 0.0992 e. The lowest BCUT2D eigenvalue weighted by molar-refractivity contribution is 0.398. The third kappa shape index (κ3) is 3.34. The largest absolute Gasteiger partial charge is 0.367 e. The van der Waals surface area contributed by atoms with Gasteiger partial charge in [-0.05, 0) is 50.4 Å². The van der Waals surface area contributed by atoms with Gasteiger partial charge in [0.2, 0.25) is 0 Å². The van der Waals surface area contributed by atoms with Crippen LogP contribution in [0.1, 0.15) is 37.7 Å². The fourth-order valence-electron chi connectivity index (χ4n) is 2.97. The molecule has 1 unspecified atom stereocenters. The average Bonchev–Trinajstić information content (AvgIpc) is 3.29. The van der Waals surface area contributed by atoms with Gasteiger partial charge in [0.25, 0.3) is 0 Å². The van der Waals surface area contributed by atoms with Crippen LogP contribution in [-0.2, 0) is 0 Å². The second kappa shape index (κ2) is 6.15. The van der Waals surface area contributed by atoms with Gasteiger partial charge in [0, 0.05) is 28.8 Å². The normalized spacial score (nSPS) is 22.3. The van der Waals surface area contributed by atoms with E-state index < -0.39 is 0 Å². The molecule has 3 rings (SSSR count). The van der Waals surface area contributed by atoms with Gasteiger partial charge in [0.1, 0.15) is 0 Å². The molecule has 1 aliphatic carbocycles. The van der Waals surface area contributed by atoms with Gasteiger partial charge in [0.15, 0.2) is 0 Å². The van der Waals surface area contributed by atoms with E-state index in [1.54, 1.807) is 0 Å². The number of hydrogen-bond acceptors (Lipinski definition) is 3. The molecule has 1 heterocycles. The van der Waals surface area contributed by atoms with Gasteiger partial charge in [-0.1, -0.05) is 22.4 Å². The van der Waals surface area contributed by atoms with Crippen molar-refractivity contribution in [3.05, 3.63) is 28.2 Å². The predicted octanol–water partition coefficient (Wildman–Crippen LogP) is 3.43. The van der Waals surface area contributed by atoms with Crippen LogP contribution in [0.2, 0.25) is 0 Å². The summed E-state index contributed by atoms with van der Waals surface area (Å²) in [6.07, 6.45) is 6.46. The molecule has 20 heavy (non-hydrogen) atoms. The number of benzene rings is 1. The molecule has 1 aliphatic heterocycles. The van der Waals surface area contributed by atoms with Gasteiger partial charge in [-0.25, -0.2) is 0 Å². The number of halogens is 1. The van der Waals surface area contributed by atoms with E-state index in [0.717, 1.165) is 23.1 Å². The van der Waals surface area contributed by atoms with Crippen molar-refractivity contribution in [2.45, 2.75) is 44.2 Å². The maximum Gasteiger partial charge on any atom is 0.0992 e. The van der Waals surface area contributed by atoms with Crippen LogP contribution in [0.5, 0.6) is 0 Å². The van der Waals surface area contributed by atoms with Crippen LogP contribution in [-0.4, -0.2) is 25.2 Å². The van der Waals surface area contributed by atoms with Crippen molar-refractivity contribution in [2.24, 2.45) is 0 Å². The van der Waals surface area contributed by atoms with Crippen molar-refractivity contribution < 1.29 is 0 Å². The maximum absolute atomic E-state index is 9.14. The summed E-state index contributed by atoms with van der Waals surface area (Å²) in [6, 6.07) is 9.55. The fourth-order valence-corrected chi connectivity index (χ4v) is 3.45. The minimum absolute atomic E-state index is 0.592. The molecule has 0 aromatic heterocycles. The van der Waals surface area contributed by atoms with Crippen molar-refractivity contribution >= 4 is 21.6 Å². The maximum atomic E-state index is 9.14. The van der Waals surface area contributed by atoms with Crippen molar-refractivity contribution in [1.82, 2.24) is 5.32 Å². The number of nitrogens with zero attached hydrogens (tertiary/aromatic N) is 2. The summed E-state index contributed by atoms with van der Waals surface area (Å²) in [7, 11) is 0. The predicted molar refractivity (Wildman–Crippen MR) is 84.9 cm³/mol. The fraction of sp³-hybridized carbons (Fsp3) is 0.562. The van der Waals surface area contributed by atoms with Crippen LogP contribution in [0.4, 0.5) is 5.69 Å². The number of rotatable bonds is 4. The Morgan fingerprint density at radius 1 is 1.25 bits per heavy atom. The highest BCUT2D eigenvalue weighted by Gasteiger charge is 2.31. The first-order valence-corrected chi connectivity index (χ1v) is 8.26. The first kappa shape index (κ1) is 13.9. The highest BCUT2D eigenvalue weighted by atomic mass is 79.9. The molecule has 0 radical (unpaired) electrons. The summed E-state index contributed by atoms with van der Waals surface area (Å²) in [6.45, 7) is 2.21. The van der Waals surface area contributed by atoms with Crippen LogP contribution in [0.3, 0.4) is 0 Å². The second-order valence-electron chi connectivity index (χ2n) is 5.84. The second-order valence-corrected chi connectivity index (χ2v) is 6.76. The van der Waals surface area contributed by atoms with E-state index in [1.165, 1.54) is 37.8 Å². The third-order valence-corrected chi connectivity index (χ3v) is 4.62. The van der Waals surface area contributed by atoms with Crippen LogP contribution < -0.4 is 10.2 Å². The molecule has 3 nitrogen and oxygen atoms in total. The summed E-state index contributed by atoms with van der Waals surface area (Å²) in [5.41, 5.74) is 1.92. The van der Waals surface area contributed by atoms with Crippen LogP contribution in [0.15, 0.2) is 22.7 Å². The van der Waals surface area contributed by atoms with Gasteiger partial charge >= 0.3 is 0 Å². The number of anilines is 1. The molecular weight excluding hydrogens is 314 g/mol. The van der Waals surface area contributed by atoms with Crippen molar-refractivity contribution in [3.63, 3.8) is 0 Å². The molecular formula is C16H20BrN3. The Morgan fingerprint density at radius 2 is 2.10 bits per heavy atom. The zero-order chi connectivity index (χ0) is 13.9. The Morgan fingerprint density at radius 3 is 2.75 bits per heavy atom. The summed E-state index contributed by atoms with van der Waals surface area (Å²) in [5, 5.41) is 12.8. The molecule has 4 heteroatoms. The van der Waals surface area contributed by atoms with Crippen LogP contribution >= 0.6 is 15.9 Å². The van der Waals surface area contributed by atoms with E-state index >= 15 is 0 Å². The Labute approximate surface area is 129 Å². The van der Waals surface area contributed by atoms with E-state index in [9.17, 15) is 0 Å². The zero-order valence-electron chi connectivity index (χ0n) is 11.6. The first-order chi connectivity index (χ1) is 9.76. The zero-order valence-corrected chi connectivity index (χ0v) is 13.2. The molecule has 106 valence electrons. The number of hydrogen-bond donors (Lipinski definition) is 1. The molecule has 1 N–H and O–H groups in total. The standard InChI is InChI=1S/C16H20BrN3/c17-13-7-12(10-18)8-16(9-13)20(15-4-5-15)11-14-3-1-2-6-19-14/h7-9,14-15,19H,1-6,11H2. The van der Waals surface area contributed by atoms with Crippen molar-refractivity contribution in [3.8, 4) is 6.07 Å². The third-order valence-electron chi connectivity index (χ3n) is 4.16.